The normalized spacial score (nSPS) is 14.5. The van der Waals surface area contributed by atoms with Crippen LogP contribution in [-0.4, -0.2) is 61.1 Å². The van der Waals surface area contributed by atoms with E-state index in [9.17, 15) is 9.59 Å². The first-order valence-corrected chi connectivity index (χ1v) is 10.9. The fourth-order valence-corrected chi connectivity index (χ4v) is 3.44. The van der Waals surface area contributed by atoms with E-state index in [-0.39, 0.29) is 12.5 Å². The van der Waals surface area contributed by atoms with Crippen molar-refractivity contribution in [2.75, 3.05) is 39.3 Å². The highest BCUT2D eigenvalue weighted by Gasteiger charge is 2.19. The summed E-state index contributed by atoms with van der Waals surface area (Å²) in [6.45, 7) is 4.85. The molecule has 0 atom stereocenters. The molecule has 0 spiro atoms. The van der Waals surface area contributed by atoms with Gasteiger partial charge in [-0.2, -0.15) is 0 Å². The van der Waals surface area contributed by atoms with Crippen molar-refractivity contribution in [3.8, 4) is 0 Å². The van der Waals surface area contributed by atoms with Crippen molar-refractivity contribution in [1.82, 2.24) is 15.1 Å². The Kier molecular flexibility index (Phi) is 9.13. The molecule has 1 N–H and O–H groups in total. The van der Waals surface area contributed by atoms with Gasteiger partial charge in [0.15, 0.2) is 0 Å². The van der Waals surface area contributed by atoms with Gasteiger partial charge in [-0.25, -0.2) is 4.79 Å². The summed E-state index contributed by atoms with van der Waals surface area (Å²) in [5, 5.41) is 2.71. The maximum absolute atomic E-state index is 12.4. The van der Waals surface area contributed by atoms with Crippen LogP contribution in [0.2, 0.25) is 0 Å². The van der Waals surface area contributed by atoms with Crippen LogP contribution in [0.15, 0.2) is 66.7 Å². The average molecular weight is 422 g/mol. The van der Waals surface area contributed by atoms with Gasteiger partial charge in [0.05, 0.1) is 0 Å². The molecule has 1 saturated heterocycles. The number of alkyl carbamates (subject to hydrolysis) is 1. The predicted molar refractivity (Wildman–Crippen MR) is 122 cm³/mol. The smallest absolute Gasteiger partial charge is 0.407 e. The Labute approximate surface area is 184 Å². The van der Waals surface area contributed by atoms with Crippen LogP contribution >= 0.6 is 0 Å². The average Bonchev–Trinajstić information content (AvgIpc) is 2.82. The molecule has 0 aliphatic carbocycles. The Morgan fingerprint density at radius 1 is 0.935 bits per heavy atom. The van der Waals surface area contributed by atoms with Gasteiger partial charge >= 0.3 is 6.09 Å². The number of amides is 2. The first kappa shape index (κ1) is 22.6. The third kappa shape index (κ3) is 8.26. The SMILES string of the molecule is O=C(NCCCC(=O)N1CCN(CC=Cc2ccccc2)CC1)OCc1ccccc1. The molecule has 0 aromatic heterocycles. The molecule has 164 valence electrons. The lowest BCUT2D eigenvalue weighted by Gasteiger charge is -2.34. The van der Waals surface area contributed by atoms with Crippen molar-refractivity contribution in [3.63, 3.8) is 0 Å². The number of carbonyl (C=O) groups excluding carboxylic acids is 2. The molecule has 6 heteroatoms. The number of hydrogen-bond acceptors (Lipinski definition) is 4. The molecule has 3 rings (SSSR count). The highest BCUT2D eigenvalue weighted by atomic mass is 16.5. The predicted octanol–water partition coefficient (Wildman–Crippen LogP) is 3.55. The summed E-state index contributed by atoms with van der Waals surface area (Å²) in [6.07, 6.45) is 4.91. The highest BCUT2D eigenvalue weighted by Crippen LogP contribution is 2.07. The first-order chi connectivity index (χ1) is 15.2. The van der Waals surface area contributed by atoms with Crippen LogP contribution in [0.3, 0.4) is 0 Å². The van der Waals surface area contributed by atoms with Crippen LogP contribution in [0.25, 0.3) is 6.08 Å². The van der Waals surface area contributed by atoms with E-state index in [0.717, 1.165) is 38.3 Å². The van der Waals surface area contributed by atoms with E-state index >= 15 is 0 Å². The number of piperazine rings is 1. The third-order valence-electron chi connectivity index (χ3n) is 5.25. The van der Waals surface area contributed by atoms with Crippen molar-refractivity contribution >= 4 is 18.1 Å². The van der Waals surface area contributed by atoms with Gasteiger partial charge in [-0.15, -0.1) is 0 Å². The molecule has 2 aromatic carbocycles. The van der Waals surface area contributed by atoms with Crippen molar-refractivity contribution in [2.45, 2.75) is 19.4 Å². The summed E-state index contributed by atoms with van der Waals surface area (Å²) in [5.74, 6) is 0.152. The van der Waals surface area contributed by atoms with Gasteiger partial charge in [0, 0.05) is 45.7 Å². The van der Waals surface area contributed by atoms with Crippen molar-refractivity contribution in [1.29, 1.82) is 0 Å². The van der Waals surface area contributed by atoms with E-state index in [0.29, 0.717) is 19.4 Å². The molecule has 0 unspecified atom stereocenters. The van der Waals surface area contributed by atoms with E-state index in [2.05, 4.69) is 34.5 Å². The van der Waals surface area contributed by atoms with Crippen LogP contribution in [0.4, 0.5) is 4.79 Å². The summed E-state index contributed by atoms with van der Waals surface area (Å²) < 4.78 is 5.17. The monoisotopic (exact) mass is 421 g/mol. The lowest BCUT2D eigenvalue weighted by Crippen LogP contribution is -2.48. The Bertz CT molecular complexity index is 832. The molecular weight excluding hydrogens is 390 g/mol. The van der Waals surface area contributed by atoms with Gasteiger partial charge in [-0.3, -0.25) is 9.69 Å². The molecule has 6 nitrogen and oxygen atoms in total. The molecular formula is C25H31N3O3. The van der Waals surface area contributed by atoms with Crippen LogP contribution in [0.1, 0.15) is 24.0 Å². The van der Waals surface area contributed by atoms with E-state index in [1.54, 1.807) is 0 Å². The second kappa shape index (κ2) is 12.5. The Morgan fingerprint density at radius 2 is 1.61 bits per heavy atom. The standard InChI is InChI=1S/C25H31N3O3/c29-24(14-7-15-26-25(30)31-21-23-11-5-2-6-12-23)28-19-17-27(18-20-28)16-8-13-22-9-3-1-4-10-22/h1-6,8-13H,7,14-21H2,(H,26,30). The van der Waals surface area contributed by atoms with Crippen LogP contribution < -0.4 is 5.32 Å². The van der Waals surface area contributed by atoms with E-state index < -0.39 is 6.09 Å². The molecule has 2 aromatic rings. The lowest BCUT2D eigenvalue weighted by atomic mass is 10.2. The Balaban J connectivity index is 1.24. The molecule has 0 bridgehead atoms. The van der Waals surface area contributed by atoms with Gasteiger partial charge < -0.3 is 15.0 Å². The number of benzene rings is 2. The van der Waals surface area contributed by atoms with Gasteiger partial charge in [0.25, 0.3) is 0 Å². The molecule has 0 saturated carbocycles. The van der Waals surface area contributed by atoms with Gasteiger partial charge in [-0.1, -0.05) is 72.8 Å². The molecule has 1 aliphatic rings. The fraction of sp³-hybridized carbons (Fsp3) is 0.360. The maximum atomic E-state index is 12.4. The highest BCUT2D eigenvalue weighted by molar-refractivity contribution is 5.76. The third-order valence-corrected chi connectivity index (χ3v) is 5.25. The maximum Gasteiger partial charge on any atom is 0.407 e. The van der Waals surface area contributed by atoms with Gasteiger partial charge in [-0.05, 0) is 17.5 Å². The quantitative estimate of drug-likeness (QED) is 0.629. The molecule has 1 aliphatic heterocycles. The second-order valence-corrected chi connectivity index (χ2v) is 7.59. The summed E-state index contributed by atoms with van der Waals surface area (Å²) in [5.41, 5.74) is 2.15. The summed E-state index contributed by atoms with van der Waals surface area (Å²) >= 11 is 0. The minimum Gasteiger partial charge on any atom is -0.445 e. The fourth-order valence-electron chi connectivity index (χ4n) is 3.44. The van der Waals surface area contributed by atoms with Gasteiger partial charge in [0.1, 0.15) is 6.61 Å². The Morgan fingerprint density at radius 3 is 2.32 bits per heavy atom. The summed E-state index contributed by atoms with van der Waals surface area (Å²) in [6, 6.07) is 19.8. The molecule has 31 heavy (non-hydrogen) atoms. The summed E-state index contributed by atoms with van der Waals surface area (Å²) in [7, 11) is 0. The number of ether oxygens (including phenoxy) is 1. The zero-order valence-corrected chi connectivity index (χ0v) is 17.9. The van der Waals surface area contributed by atoms with Crippen LogP contribution in [0, 0.1) is 0 Å². The number of nitrogens with zero attached hydrogens (tertiary/aromatic N) is 2. The van der Waals surface area contributed by atoms with E-state index in [1.165, 1.54) is 5.56 Å². The number of hydrogen-bond donors (Lipinski definition) is 1. The zero-order valence-electron chi connectivity index (χ0n) is 17.9. The second-order valence-electron chi connectivity index (χ2n) is 7.59. The molecule has 0 radical (unpaired) electrons. The first-order valence-electron chi connectivity index (χ1n) is 10.9. The minimum absolute atomic E-state index is 0.152. The lowest BCUT2D eigenvalue weighted by molar-refractivity contribution is -0.132. The number of carbonyl (C=O) groups is 2. The summed E-state index contributed by atoms with van der Waals surface area (Å²) in [4.78, 5) is 28.4. The molecule has 1 heterocycles. The van der Waals surface area contributed by atoms with Gasteiger partial charge in [0.2, 0.25) is 5.91 Å². The van der Waals surface area contributed by atoms with Crippen molar-refractivity contribution in [2.24, 2.45) is 0 Å². The van der Waals surface area contributed by atoms with E-state index in [1.807, 2.05) is 53.4 Å². The Hall–Kier alpha value is -3.12. The zero-order chi connectivity index (χ0) is 21.7. The van der Waals surface area contributed by atoms with E-state index in [4.69, 9.17) is 4.74 Å². The topological polar surface area (TPSA) is 61.9 Å². The molecule has 2 amide bonds. The number of rotatable bonds is 9. The molecule has 1 fully saturated rings. The van der Waals surface area contributed by atoms with Crippen LogP contribution in [-0.2, 0) is 16.1 Å². The van der Waals surface area contributed by atoms with Crippen molar-refractivity contribution < 1.29 is 14.3 Å². The van der Waals surface area contributed by atoms with Crippen LogP contribution in [0.5, 0.6) is 0 Å². The number of nitrogens with one attached hydrogen (secondary N) is 1. The minimum atomic E-state index is -0.450. The van der Waals surface area contributed by atoms with Crippen molar-refractivity contribution in [3.05, 3.63) is 77.9 Å². The largest absolute Gasteiger partial charge is 0.445 e.